The number of anilines is 4. The number of nitrogens with one attached hydrogen (secondary N) is 6. The average Bonchev–Trinajstić information content (AvgIpc) is 3.29. The van der Waals surface area contributed by atoms with Crippen molar-refractivity contribution in [3.05, 3.63) is 148 Å². The fraction of sp³-hybridized carbons (Fsp3) is 0.255. The van der Waals surface area contributed by atoms with Crippen LogP contribution in [-0.4, -0.2) is 52.9 Å². The van der Waals surface area contributed by atoms with Gasteiger partial charge in [-0.05, 0) is 102 Å². The number of benzene rings is 3. The largest absolute Gasteiger partial charge is 0.381 e. The van der Waals surface area contributed by atoms with Gasteiger partial charge in [0.1, 0.15) is 17.5 Å². The predicted molar refractivity (Wildman–Crippen MR) is 241 cm³/mol. The van der Waals surface area contributed by atoms with Crippen molar-refractivity contribution in [1.29, 1.82) is 0 Å². The smallest absolute Gasteiger partial charge is 0.229 e. The van der Waals surface area contributed by atoms with E-state index in [1.54, 1.807) is 24.7 Å². The molecule has 8 rings (SSSR count). The molecule has 6 aromatic rings. The molecule has 2 amide bonds. The molecule has 3 aromatic heterocycles. The van der Waals surface area contributed by atoms with Crippen LogP contribution in [0.1, 0.15) is 41.9 Å². The molecule has 61 heavy (non-hydrogen) atoms. The number of nitrogens with zero attached hydrogens (tertiary/aromatic N) is 3. The van der Waals surface area contributed by atoms with Crippen LogP contribution < -0.4 is 31.9 Å². The minimum Gasteiger partial charge on any atom is -0.381 e. The monoisotopic (exact) mass is 857 g/mol. The Morgan fingerprint density at radius 2 is 1.30 bits per heavy atom. The number of halogens is 3. The lowest BCUT2D eigenvalue weighted by Gasteiger charge is -2.30. The van der Waals surface area contributed by atoms with Gasteiger partial charge in [0.25, 0.3) is 0 Å². The van der Waals surface area contributed by atoms with E-state index in [1.165, 1.54) is 12.3 Å². The van der Waals surface area contributed by atoms with Gasteiger partial charge in [0.15, 0.2) is 0 Å². The fourth-order valence-electron chi connectivity index (χ4n) is 7.90. The van der Waals surface area contributed by atoms with Crippen LogP contribution >= 0.6 is 23.2 Å². The fourth-order valence-corrected chi connectivity index (χ4v) is 8.32. The molecule has 3 unspecified atom stereocenters. The molecule has 0 spiro atoms. The lowest BCUT2D eigenvalue weighted by atomic mass is 9.84. The molecule has 14 heteroatoms. The molecule has 2 aliphatic rings. The maximum absolute atomic E-state index is 13.7. The zero-order valence-corrected chi connectivity index (χ0v) is 34.9. The molecule has 0 aliphatic carbocycles. The molecule has 0 radical (unpaired) electrons. The lowest BCUT2D eigenvalue weighted by Crippen LogP contribution is -2.41. The summed E-state index contributed by atoms with van der Waals surface area (Å²) in [5.41, 5.74) is 8.00. The summed E-state index contributed by atoms with van der Waals surface area (Å²) >= 11 is 13.2. The summed E-state index contributed by atoms with van der Waals surface area (Å²) in [5.74, 6) is 0.143. The number of pyridine rings is 3. The van der Waals surface area contributed by atoms with Gasteiger partial charge in [0.2, 0.25) is 11.8 Å². The Labute approximate surface area is 364 Å². The molecule has 2 fully saturated rings. The van der Waals surface area contributed by atoms with E-state index in [4.69, 9.17) is 23.2 Å². The van der Waals surface area contributed by atoms with E-state index in [2.05, 4.69) is 71.1 Å². The second-order valence-corrected chi connectivity index (χ2v) is 16.3. The second-order valence-electron chi connectivity index (χ2n) is 15.5. The maximum Gasteiger partial charge on any atom is 0.229 e. The number of amides is 2. The summed E-state index contributed by atoms with van der Waals surface area (Å²) in [6.07, 6.45) is 8.43. The van der Waals surface area contributed by atoms with Crippen LogP contribution in [0.5, 0.6) is 0 Å². The number of rotatable bonds is 13. The number of hydrogen-bond acceptors (Lipinski definition) is 9. The Bertz CT molecular complexity index is 2520. The van der Waals surface area contributed by atoms with Gasteiger partial charge < -0.3 is 31.9 Å². The van der Waals surface area contributed by atoms with Crippen molar-refractivity contribution >= 4 is 58.0 Å². The Balaban J connectivity index is 0.875. The normalized spacial score (nSPS) is 17.6. The van der Waals surface area contributed by atoms with Gasteiger partial charge in [-0.2, -0.15) is 0 Å². The number of carbonyl (C=O) groups is 2. The van der Waals surface area contributed by atoms with Crippen molar-refractivity contribution in [3.63, 3.8) is 0 Å². The van der Waals surface area contributed by atoms with Gasteiger partial charge in [-0.15, -0.1) is 0 Å². The molecule has 6 N–H and O–H groups in total. The van der Waals surface area contributed by atoms with Gasteiger partial charge in [-0.1, -0.05) is 71.7 Å². The molecule has 5 heterocycles. The Kier molecular flexibility index (Phi) is 13.5. The van der Waals surface area contributed by atoms with Crippen LogP contribution in [0, 0.1) is 17.7 Å². The molecule has 11 nitrogen and oxygen atoms in total. The van der Waals surface area contributed by atoms with Gasteiger partial charge in [-0.25, -0.2) is 14.4 Å². The number of hydrogen-bond donors (Lipinski definition) is 6. The van der Waals surface area contributed by atoms with E-state index in [0.717, 1.165) is 76.3 Å². The Hall–Kier alpha value is -5.92. The third-order valence-electron chi connectivity index (χ3n) is 11.1. The number of carbonyl (C=O) groups excluding carboxylic acids is 2. The van der Waals surface area contributed by atoms with Crippen LogP contribution in [0.2, 0.25) is 10.0 Å². The summed E-state index contributed by atoms with van der Waals surface area (Å²) in [7, 11) is 0. The summed E-state index contributed by atoms with van der Waals surface area (Å²) in [5, 5.41) is 20.6. The topological polar surface area (TPSA) is 145 Å². The molecule has 2 saturated heterocycles. The number of piperidine rings is 2. The van der Waals surface area contributed by atoms with Gasteiger partial charge >= 0.3 is 0 Å². The SMILES string of the molecule is O=C(Nc1cc(-c2cccc(NCc3cccc(C4CNCC(C(=O)Nc5cc(-c6cccc(NCc7cncc(F)c7)c6)c(Cl)cn5)C4)c3)c2)c(Cl)cn1)C1CCCNC1. The molecule has 0 bridgehead atoms. The van der Waals surface area contributed by atoms with E-state index in [9.17, 15) is 14.0 Å². The molecule has 312 valence electrons. The molecule has 3 atom stereocenters. The van der Waals surface area contributed by atoms with Crippen molar-refractivity contribution in [2.45, 2.75) is 38.3 Å². The second kappa shape index (κ2) is 19.6. The zero-order chi connectivity index (χ0) is 42.1. The van der Waals surface area contributed by atoms with E-state index >= 15 is 0 Å². The van der Waals surface area contributed by atoms with Gasteiger partial charge in [0.05, 0.1) is 28.1 Å². The minimum atomic E-state index is -0.385. The first-order valence-electron chi connectivity index (χ1n) is 20.4. The van der Waals surface area contributed by atoms with E-state index in [1.807, 2.05) is 54.6 Å². The van der Waals surface area contributed by atoms with Crippen LogP contribution in [0.15, 0.2) is 116 Å². The molecule has 0 saturated carbocycles. The lowest BCUT2D eigenvalue weighted by molar-refractivity contribution is -0.121. The van der Waals surface area contributed by atoms with E-state index < -0.39 is 0 Å². The standard InChI is InChI=1S/C47H46Cl2FN9O2/c48-42-27-56-44(58-46(60)34-9-4-12-51-23-34)18-40(42)32-7-2-10-38(16-32)54-21-29-5-1-6-31(13-29)35-15-36(25-53-24-35)47(61)59-45-19-41(43(49)28-57-45)33-8-3-11-39(17-33)55-22-30-14-37(50)26-52-20-30/h1-3,5-8,10-11,13-14,16-20,26-28,34-36,51,53-55H,4,9,12,15,21-25H2,(H,56,58,60)(H,57,59,61). The maximum atomic E-state index is 13.7. The van der Waals surface area contributed by atoms with Gasteiger partial charge in [0, 0.05) is 73.8 Å². The number of aromatic nitrogens is 3. The van der Waals surface area contributed by atoms with Crippen LogP contribution in [0.3, 0.4) is 0 Å². The molecular weight excluding hydrogens is 812 g/mol. The molecule has 3 aromatic carbocycles. The van der Waals surface area contributed by atoms with Crippen LogP contribution in [-0.2, 0) is 22.7 Å². The third-order valence-corrected chi connectivity index (χ3v) is 11.7. The predicted octanol–water partition coefficient (Wildman–Crippen LogP) is 9.15. The Morgan fingerprint density at radius 3 is 1.93 bits per heavy atom. The van der Waals surface area contributed by atoms with E-state index in [0.29, 0.717) is 54.3 Å². The summed E-state index contributed by atoms with van der Waals surface area (Å²) in [4.78, 5) is 39.2. The molecular formula is C47H46Cl2FN9O2. The average molecular weight is 859 g/mol. The highest BCUT2D eigenvalue weighted by molar-refractivity contribution is 6.33. The first kappa shape index (κ1) is 41.8. The van der Waals surface area contributed by atoms with Crippen molar-refractivity contribution in [3.8, 4) is 22.3 Å². The molecule has 2 aliphatic heterocycles. The van der Waals surface area contributed by atoms with Gasteiger partial charge in [-0.3, -0.25) is 14.6 Å². The highest BCUT2D eigenvalue weighted by Gasteiger charge is 2.29. The Morgan fingerprint density at radius 1 is 0.672 bits per heavy atom. The minimum absolute atomic E-state index is 0.0369. The highest BCUT2D eigenvalue weighted by atomic mass is 35.5. The first-order valence-corrected chi connectivity index (χ1v) is 21.2. The van der Waals surface area contributed by atoms with E-state index in [-0.39, 0.29) is 35.4 Å². The van der Waals surface area contributed by atoms with Crippen molar-refractivity contribution in [2.75, 3.05) is 47.4 Å². The zero-order valence-electron chi connectivity index (χ0n) is 33.4. The van der Waals surface area contributed by atoms with Crippen molar-refractivity contribution in [1.82, 2.24) is 25.6 Å². The van der Waals surface area contributed by atoms with Crippen molar-refractivity contribution < 1.29 is 14.0 Å². The first-order chi connectivity index (χ1) is 29.7. The summed E-state index contributed by atoms with van der Waals surface area (Å²) in [6.45, 7) is 3.92. The quantitative estimate of drug-likeness (QED) is 0.0670. The highest BCUT2D eigenvalue weighted by Crippen LogP contribution is 2.34. The summed E-state index contributed by atoms with van der Waals surface area (Å²) in [6, 6.07) is 29.2. The van der Waals surface area contributed by atoms with Crippen molar-refractivity contribution in [2.24, 2.45) is 11.8 Å². The third kappa shape index (κ3) is 10.9. The van der Waals surface area contributed by atoms with Crippen LogP contribution in [0.25, 0.3) is 22.3 Å². The van der Waals surface area contributed by atoms with Crippen LogP contribution in [0.4, 0.5) is 27.4 Å². The summed E-state index contributed by atoms with van der Waals surface area (Å²) < 4.78 is 13.6.